The second kappa shape index (κ2) is 4.47. The quantitative estimate of drug-likeness (QED) is 0.725. The Labute approximate surface area is 86.1 Å². The molecule has 14 heavy (non-hydrogen) atoms. The highest BCUT2D eigenvalue weighted by Crippen LogP contribution is 2.05. The number of piperidine rings is 1. The molecule has 2 heterocycles. The average Bonchev–Trinajstić information content (AvgIpc) is 2.72. The summed E-state index contributed by atoms with van der Waals surface area (Å²) in [5.41, 5.74) is 0. The van der Waals surface area contributed by atoms with Crippen LogP contribution in [0, 0.1) is 0 Å². The van der Waals surface area contributed by atoms with Gasteiger partial charge in [0.25, 0.3) is 5.91 Å². The topological polar surface area (TPSA) is 66.9 Å². The van der Waals surface area contributed by atoms with Crippen LogP contribution in [-0.4, -0.2) is 34.6 Å². The molecule has 1 atom stereocenters. The Kier molecular flexibility index (Phi) is 3.05. The minimum atomic E-state index is -0.0614. The Morgan fingerprint density at radius 1 is 1.71 bits per heavy atom. The minimum Gasteiger partial charge on any atom is -0.347 e. The first-order valence-corrected chi connectivity index (χ1v) is 5.42. The third-order valence-electron chi connectivity index (χ3n) is 2.22. The van der Waals surface area contributed by atoms with Crippen LogP contribution >= 0.6 is 11.5 Å². The Morgan fingerprint density at radius 2 is 2.64 bits per heavy atom. The average molecular weight is 212 g/mol. The molecule has 1 fully saturated rings. The molecule has 0 radical (unpaired) electrons. The van der Waals surface area contributed by atoms with E-state index in [1.165, 1.54) is 6.20 Å². The van der Waals surface area contributed by atoms with Crippen LogP contribution in [0.1, 0.15) is 22.5 Å². The van der Waals surface area contributed by atoms with E-state index in [0.717, 1.165) is 37.5 Å². The SMILES string of the molecule is O=C(N[C@H]1CCCNC1)c1cnns1. The van der Waals surface area contributed by atoms with Crippen molar-refractivity contribution in [3.8, 4) is 0 Å². The van der Waals surface area contributed by atoms with E-state index in [1.54, 1.807) is 0 Å². The van der Waals surface area contributed by atoms with Gasteiger partial charge in [-0.25, -0.2) is 0 Å². The van der Waals surface area contributed by atoms with E-state index in [9.17, 15) is 4.79 Å². The molecule has 5 nitrogen and oxygen atoms in total. The van der Waals surface area contributed by atoms with Gasteiger partial charge in [0.15, 0.2) is 0 Å². The molecule has 6 heteroatoms. The van der Waals surface area contributed by atoms with Crippen LogP contribution in [0.15, 0.2) is 6.20 Å². The van der Waals surface area contributed by atoms with Crippen LogP contribution in [-0.2, 0) is 0 Å². The van der Waals surface area contributed by atoms with Crippen molar-refractivity contribution in [2.24, 2.45) is 0 Å². The fraction of sp³-hybridized carbons (Fsp3) is 0.625. The normalized spacial score (nSPS) is 21.9. The molecule has 0 unspecified atom stereocenters. The molecule has 2 N–H and O–H groups in total. The fourth-order valence-corrected chi connectivity index (χ4v) is 1.92. The maximum absolute atomic E-state index is 11.6. The summed E-state index contributed by atoms with van der Waals surface area (Å²) in [5, 5.41) is 9.82. The number of nitrogens with one attached hydrogen (secondary N) is 2. The number of carbonyl (C=O) groups is 1. The van der Waals surface area contributed by atoms with Crippen molar-refractivity contribution in [1.29, 1.82) is 0 Å². The molecule has 0 bridgehead atoms. The van der Waals surface area contributed by atoms with Gasteiger partial charge < -0.3 is 10.6 Å². The maximum Gasteiger partial charge on any atom is 0.264 e. The summed E-state index contributed by atoms with van der Waals surface area (Å²) in [7, 11) is 0. The number of rotatable bonds is 2. The third-order valence-corrected chi connectivity index (χ3v) is 2.88. The highest BCUT2D eigenvalue weighted by atomic mass is 32.1. The zero-order valence-corrected chi connectivity index (χ0v) is 8.51. The molecular weight excluding hydrogens is 200 g/mol. The molecule has 1 amide bonds. The van der Waals surface area contributed by atoms with Crippen LogP contribution in [0.5, 0.6) is 0 Å². The van der Waals surface area contributed by atoms with E-state index in [-0.39, 0.29) is 11.9 Å². The van der Waals surface area contributed by atoms with Gasteiger partial charge in [-0.1, -0.05) is 4.49 Å². The standard InChI is InChI=1S/C8H12N4OS/c13-8(7-5-10-12-14-7)11-6-2-1-3-9-4-6/h5-6,9H,1-4H2,(H,11,13)/t6-/m0/s1. The van der Waals surface area contributed by atoms with Crippen molar-refractivity contribution in [3.05, 3.63) is 11.1 Å². The second-order valence-electron chi connectivity index (χ2n) is 3.30. The molecule has 0 aliphatic carbocycles. The summed E-state index contributed by atoms with van der Waals surface area (Å²) in [6, 6.07) is 0.248. The Balaban J connectivity index is 1.87. The van der Waals surface area contributed by atoms with Gasteiger partial charge in [-0.2, -0.15) is 0 Å². The van der Waals surface area contributed by atoms with E-state index in [0.29, 0.717) is 4.88 Å². The number of carbonyl (C=O) groups excluding carboxylic acids is 1. The first kappa shape index (κ1) is 9.54. The minimum absolute atomic E-state index is 0.0614. The molecular formula is C8H12N4OS. The molecule has 1 aromatic rings. The largest absolute Gasteiger partial charge is 0.347 e. The number of aromatic nitrogens is 2. The zero-order chi connectivity index (χ0) is 9.80. The van der Waals surface area contributed by atoms with Crippen LogP contribution in [0.2, 0.25) is 0 Å². The predicted octanol–water partition coefficient (Wildman–Crippen LogP) is 0.0199. The third kappa shape index (κ3) is 2.27. The highest BCUT2D eigenvalue weighted by molar-refractivity contribution is 7.07. The summed E-state index contributed by atoms with van der Waals surface area (Å²) < 4.78 is 3.65. The molecule has 0 spiro atoms. The predicted molar refractivity (Wildman–Crippen MR) is 53.3 cm³/mol. The van der Waals surface area contributed by atoms with Gasteiger partial charge in [0.1, 0.15) is 4.88 Å². The van der Waals surface area contributed by atoms with E-state index >= 15 is 0 Å². The molecule has 0 saturated carbocycles. The van der Waals surface area contributed by atoms with E-state index in [1.807, 2.05) is 0 Å². The van der Waals surface area contributed by atoms with Gasteiger partial charge >= 0.3 is 0 Å². The maximum atomic E-state index is 11.6. The summed E-state index contributed by atoms with van der Waals surface area (Å²) in [6.45, 7) is 1.91. The molecule has 1 aliphatic heterocycles. The lowest BCUT2D eigenvalue weighted by molar-refractivity contribution is 0.0934. The number of hydrogen-bond donors (Lipinski definition) is 2. The molecule has 0 aromatic carbocycles. The molecule has 1 aliphatic rings. The molecule has 1 saturated heterocycles. The van der Waals surface area contributed by atoms with E-state index in [4.69, 9.17) is 0 Å². The Morgan fingerprint density at radius 3 is 3.29 bits per heavy atom. The number of nitrogens with zero attached hydrogens (tertiary/aromatic N) is 2. The van der Waals surface area contributed by atoms with Gasteiger partial charge in [-0.15, -0.1) is 5.10 Å². The summed E-state index contributed by atoms with van der Waals surface area (Å²) in [4.78, 5) is 12.1. The Hall–Kier alpha value is -1.01. The first-order valence-electron chi connectivity index (χ1n) is 4.65. The van der Waals surface area contributed by atoms with Crippen molar-refractivity contribution in [1.82, 2.24) is 20.2 Å². The summed E-state index contributed by atoms with van der Waals surface area (Å²) in [6.07, 6.45) is 3.66. The van der Waals surface area contributed by atoms with Gasteiger partial charge in [-0.05, 0) is 30.9 Å². The van der Waals surface area contributed by atoms with Gasteiger partial charge in [0.05, 0.1) is 6.20 Å². The monoisotopic (exact) mass is 212 g/mol. The van der Waals surface area contributed by atoms with Crippen LogP contribution < -0.4 is 10.6 Å². The Bertz CT molecular complexity index is 294. The molecule has 2 rings (SSSR count). The summed E-state index contributed by atoms with van der Waals surface area (Å²) >= 11 is 1.13. The van der Waals surface area contributed by atoms with Crippen LogP contribution in [0.4, 0.5) is 0 Å². The lowest BCUT2D eigenvalue weighted by atomic mass is 10.1. The van der Waals surface area contributed by atoms with Crippen molar-refractivity contribution in [2.75, 3.05) is 13.1 Å². The van der Waals surface area contributed by atoms with Crippen molar-refractivity contribution >= 4 is 17.4 Å². The molecule has 1 aromatic heterocycles. The molecule has 76 valence electrons. The number of amides is 1. The van der Waals surface area contributed by atoms with Crippen LogP contribution in [0.25, 0.3) is 0 Å². The van der Waals surface area contributed by atoms with Gasteiger partial charge in [0, 0.05) is 12.6 Å². The zero-order valence-electron chi connectivity index (χ0n) is 7.69. The van der Waals surface area contributed by atoms with Crippen molar-refractivity contribution < 1.29 is 4.79 Å². The highest BCUT2D eigenvalue weighted by Gasteiger charge is 2.17. The van der Waals surface area contributed by atoms with E-state index < -0.39 is 0 Å². The van der Waals surface area contributed by atoms with Gasteiger partial charge in [-0.3, -0.25) is 4.79 Å². The lowest BCUT2D eigenvalue weighted by Gasteiger charge is -2.23. The number of hydrogen-bond acceptors (Lipinski definition) is 5. The van der Waals surface area contributed by atoms with E-state index in [2.05, 4.69) is 20.2 Å². The van der Waals surface area contributed by atoms with Crippen molar-refractivity contribution in [2.45, 2.75) is 18.9 Å². The fourth-order valence-electron chi connectivity index (χ4n) is 1.50. The lowest BCUT2D eigenvalue weighted by Crippen LogP contribution is -2.45. The first-order chi connectivity index (χ1) is 6.86. The summed E-state index contributed by atoms with van der Waals surface area (Å²) in [5.74, 6) is -0.0614. The smallest absolute Gasteiger partial charge is 0.264 e. The second-order valence-corrected chi connectivity index (χ2v) is 4.08. The van der Waals surface area contributed by atoms with Crippen LogP contribution in [0.3, 0.4) is 0 Å². The van der Waals surface area contributed by atoms with Gasteiger partial charge in [0.2, 0.25) is 0 Å². The van der Waals surface area contributed by atoms with Crippen molar-refractivity contribution in [3.63, 3.8) is 0 Å².